The van der Waals surface area contributed by atoms with E-state index >= 15 is 0 Å². The molecule has 2 rings (SSSR count). The Labute approximate surface area is 158 Å². The standard InChI is InChI=1S/C20H25NO4S/c1-5-9-17-14(6-2)12-18(26-17)20(23)25-13(3)19(22)21-15-10-7-8-11-16(15)24-4/h7-8,10-13H,5-6,9H2,1-4H3,(H,21,22)/t13-/m0/s1. The highest BCUT2D eigenvalue weighted by molar-refractivity contribution is 7.14. The number of para-hydroxylation sites is 2. The molecule has 0 unspecified atom stereocenters. The molecule has 0 saturated carbocycles. The molecule has 1 atom stereocenters. The fourth-order valence-electron chi connectivity index (χ4n) is 2.56. The first-order valence-electron chi connectivity index (χ1n) is 8.76. The zero-order chi connectivity index (χ0) is 19.1. The van der Waals surface area contributed by atoms with Crippen molar-refractivity contribution < 1.29 is 19.1 Å². The van der Waals surface area contributed by atoms with E-state index in [1.54, 1.807) is 25.1 Å². The highest BCUT2D eigenvalue weighted by Gasteiger charge is 2.22. The van der Waals surface area contributed by atoms with Crippen molar-refractivity contribution in [2.24, 2.45) is 0 Å². The normalized spacial score (nSPS) is 11.7. The molecule has 1 heterocycles. The second kappa shape index (κ2) is 9.38. The van der Waals surface area contributed by atoms with Crippen LogP contribution in [0.5, 0.6) is 5.75 Å². The van der Waals surface area contributed by atoms with E-state index < -0.39 is 18.0 Å². The Bertz CT molecular complexity index is 769. The second-order valence-electron chi connectivity index (χ2n) is 5.90. The molecule has 1 aromatic heterocycles. The second-order valence-corrected chi connectivity index (χ2v) is 7.04. The Morgan fingerprint density at radius 2 is 1.96 bits per heavy atom. The minimum atomic E-state index is -0.908. The lowest BCUT2D eigenvalue weighted by Gasteiger charge is -2.14. The van der Waals surface area contributed by atoms with Gasteiger partial charge in [-0.15, -0.1) is 11.3 Å². The number of rotatable bonds is 8. The van der Waals surface area contributed by atoms with Crippen LogP contribution in [0, 0.1) is 0 Å². The smallest absolute Gasteiger partial charge is 0.349 e. The summed E-state index contributed by atoms with van der Waals surface area (Å²) in [6, 6.07) is 8.97. The summed E-state index contributed by atoms with van der Waals surface area (Å²) in [5.74, 6) is -0.312. The number of hydrogen-bond donors (Lipinski definition) is 1. The molecule has 6 heteroatoms. The van der Waals surface area contributed by atoms with Crippen molar-refractivity contribution in [2.45, 2.75) is 46.1 Å². The van der Waals surface area contributed by atoms with Gasteiger partial charge >= 0.3 is 5.97 Å². The Balaban J connectivity index is 2.03. The number of aryl methyl sites for hydroxylation is 2. The molecular weight excluding hydrogens is 350 g/mol. The Hall–Kier alpha value is -2.34. The van der Waals surface area contributed by atoms with E-state index in [2.05, 4.69) is 19.2 Å². The summed E-state index contributed by atoms with van der Waals surface area (Å²) in [5, 5.41) is 2.73. The van der Waals surface area contributed by atoms with Crippen LogP contribution in [0.4, 0.5) is 5.69 Å². The van der Waals surface area contributed by atoms with Crippen LogP contribution in [0.15, 0.2) is 30.3 Å². The highest BCUT2D eigenvalue weighted by atomic mass is 32.1. The molecule has 0 radical (unpaired) electrons. The summed E-state index contributed by atoms with van der Waals surface area (Å²) in [4.78, 5) is 26.5. The minimum absolute atomic E-state index is 0.399. The predicted octanol–water partition coefficient (Wildman–Crippen LogP) is 4.46. The van der Waals surface area contributed by atoms with Gasteiger partial charge in [0, 0.05) is 4.88 Å². The van der Waals surface area contributed by atoms with Crippen LogP contribution in [0.3, 0.4) is 0 Å². The van der Waals surface area contributed by atoms with Crippen LogP contribution in [0.1, 0.15) is 47.3 Å². The van der Waals surface area contributed by atoms with Crippen LogP contribution in [0.25, 0.3) is 0 Å². The molecule has 26 heavy (non-hydrogen) atoms. The molecule has 0 aliphatic rings. The average Bonchev–Trinajstić information content (AvgIpc) is 3.05. The summed E-state index contributed by atoms with van der Waals surface area (Å²) < 4.78 is 10.6. The van der Waals surface area contributed by atoms with Gasteiger partial charge in [0.15, 0.2) is 6.10 Å². The largest absolute Gasteiger partial charge is 0.495 e. The summed E-state index contributed by atoms with van der Waals surface area (Å²) in [7, 11) is 1.53. The quantitative estimate of drug-likeness (QED) is 0.692. The number of anilines is 1. The van der Waals surface area contributed by atoms with Crippen LogP contribution >= 0.6 is 11.3 Å². The van der Waals surface area contributed by atoms with Crippen molar-refractivity contribution in [1.82, 2.24) is 0 Å². The third-order valence-corrected chi connectivity index (χ3v) is 5.19. The van der Waals surface area contributed by atoms with Gasteiger partial charge in [-0.05, 0) is 43.5 Å². The fraction of sp³-hybridized carbons (Fsp3) is 0.400. The SMILES string of the molecule is CCCc1sc(C(=O)O[C@@H](C)C(=O)Nc2ccccc2OC)cc1CC. The molecule has 5 nitrogen and oxygen atoms in total. The Kier molecular flexibility index (Phi) is 7.21. The number of carbonyl (C=O) groups excluding carboxylic acids is 2. The number of carbonyl (C=O) groups is 2. The number of methoxy groups -OCH3 is 1. The number of benzene rings is 1. The molecule has 0 aliphatic carbocycles. The zero-order valence-corrected chi connectivity index (χ0v) is 16.4. The monoisotopic (exact) mass is 375 g/mol. The maximum atomic E-state index is 12.4. The lowest BCUT2D eigenvalue weighted by atomic mass is 10.1. The van der Waals surface area contributed by atoms with Crippen LogP contribution in [-0.2, 0) is 22.4 Å². The summed E-state index contributed by atoms with van der Waals surface area (Å²) >= 11 is 1.45. The van der Waals surface area contributed by atoms with Crippen molar-refractivity contribution in [3.05, 3.63) is 45.6 Å². The molecule has 0 aliphatic heterocycles. The minimum Gasteiger partial charge on any atom is -0.495 e. The number of nitrogens with one attached hydrogen (secondary N) is 1. The molecule has 140 valence electrons. The number of thiophene rings is 1. The van der Waals surface area contributed by atoms with E-state index in [0.29, 0.717) is 16.3 Å². The van der Waals surface area contributed by atoms with Gasteiger partial charge in [-0.2, -0.15) is 0 Å². The third-order valence-electron chi connectivity index (χ3n) is 3.97. The molecule has 1 N–H and O–H groups in total. The summed E-state index contributed by atoms with van der Waals surface area (Å²) in [6.07, 6.45) is 1.95. The van der Waals surface area contributed by atoms with E-state index in [-0.39, 0.29) is 0 Å². The van der Waals surface area contributed by atoms with E-state index in [0.717, 1.165) is 19.3 Å². The van der Waals surface area contributed by atoms with Crippen molar-refractivity contribution in [1.29, 1.82) is 0 Å². The van der Waals surface area contributed by atoms with E-state index in [1.807, 2.05) is 12.1 Å². The van der Waals surface area contributed by atoms with Crippen molar-refractivity contribution in [3.8, 4) is 5.75 Å². The van der Waals surface area contributed by atoms with Crippen molar-refractivity contribution in [3.63, 3.8) is 0 Å². The average molecular weight is 375 g/mol. The van der Waals surface area contributed by atoms with Crippen molar-refractivity contribution in [2.75, 3.05) is 12.4 Å². The van der Waals surface area contributed by atoms with Crippen molar-refractivity contribution >= 4 is 28.9 Å². The molecule has 1 aromatic carbocycles. The van der Waals surface area contributed by atoms with Gasteiger partial charge in [-0.3, -0.25) is 4.79 Å². The van der Waals surface area contributed by atoms with E-state index in [4.69, 9.17) is 9.47 Å². The fourth-order valence-corrected chi connectivity index (χ4v) is 3.80. The third kappa shape index (κ3) is 4.85. The van der Waals surface area contributed by atoms with Gasteiger partial charge in [0.2, 0.25) is 0 Å². The van der Waals surface area contributed by atoms with E-state index in [9.17, 15) is 9.59 Å². The van der Waals surface area contributed by atoms with Crippen LogP contribution in [-0.4, -0.2) is 25.1 Å². The lowest BCUT2D eigenvalue weighted by Crippen LogP contribution is -2.29. The summed E-state index contributed by atoms with van der Waals surface area (Å²) in [5.41, 5.74) is 1.72. The van der Waals surface area contributed by atoms with Crippen LogP contribution < -0.4 is 10.1 Å². The number of hydrogen-bond acceptors (Lipinski definition) is 5. The highest BCUT2D eigenvalue weighted by Crippen LogP contribution is 2.26. The first-order valence-corrected chi connectivity index (χ1v) is 9.58. The summed E-state index contributed by atoms with van der Waals surface area (Å²) in [6.45, 7) is 5.74. The number of esters is 1. The number of amides is 1. The molecular formula is C20H25NO4S. The first-order chi connectivity index (χ1) is 12.5. The van der Waals surface area contributed by atoms with Crippen LogP contribution in [0.2, 0.25) is 0 Å². The molecule has 0 spiro atoms. The lowest BCUT2D eigenvalue weighted by molar-refractivity contribution is -0.123. The predicted molar refractivity (Wildman–Crippen MR) is 104 cm³/mol. The maximum Gasteiger partial charge on any atom is 0.349 e. The molecule has 0 bridgehead atoms. The molecule has 2 aromatic rings. The number of ether oxygens (including phenoxy) is 2. The molecule has 0 fully saturated rings. The van der Waals surface area contributed by atoms with E-state index in [1.165, 1.54) is 28.9 Å². The van der Waals surface area contributed by atoms with Gasteiger partial charge in [-0.25, -0.2) is 4.79 Å². The maximum absolute atomic E-state index is 12.4. The molecule has 1 amide bonds. The van der Waals surface area contributed by atoms with Gasteiger partial charge < -0.3 is 14.8 Å². The first kappa shape index (κ1) is 20.0. The molecule has 0 saturated heterocycles. The zero-order valence-electron chi connectivity index (χ0n) is 15.6. The van der Waals surface area contributed by atoms with Gasteiger partial charge in [0.25, 0.3) is 5.91 Å². The topological polar surface area (TPSA) is 64.6 Å². The van der Waals surface area contributed by atoms with Gasteiger partial charge in [0.1, 0.15) is 10.6 Å². The Morgan fingerprint density at radius 3 is 2.62 bits per heavy atom. The Morgan fingerprint density at radius 1 is 1.23 bits per heavy atom. The van der Waals surface area contributed by atoms with Gasteiger partial charge in [0.05, 0.1) is 12.8 Å². The van der Waals surface area contributed by atoms with Gasteiger partial charge in [-0.1, -0.05) is 32.4 Å².